The van der Waals surface area contributed by atoms with Crippen molar-refractivity contribution in [2.75, 3.05) is 5.75 Å². The molecule has 5 nitrogen and oxygen atoms in total. The minimum Gasteiger partial charge on any atom is -0.351 e. The summed E-state index contributed by atoms with van der Waals surface area (Å²) in [4.78, 5) is 12.2. The molecule has 28 heavy (non-hydrogen) atoms. The Morgan fingerprint density at radius 1 is 0.964 bits per heavy atom. The average Bonchev–Trinajstić information content (AvgIpc) is 3.08. The minimum absolute atomic E-state index is 0.00838. The molecule has 0 aliphatic rings. The number of nitrogens with one attached hydrogen (secondary N) is 1. The smallest absolute Gasteiger partial charge is 0.230 e. The van der Waals surface area contributed by atoms with Gasteiger partial charge in [0.05, 0.1) is 5.75 Å². The molecular formula is C22H26N4OS. The third kappa shape index (κ3) is 5.70. The molecule has 0 atom stereocenters. The summed E-state index contributed by atoms with van der Waals surface area (Å²) in [6.07, 6.45) is 1.67. The van der Waals surface area contributed by atoms with Gasteiger partial charge >= 0.3 is 0 Å². The summed E-state index contributed by atoms with van der Waals surface area (Å²) in [5, 5.41) is 12.5. The van der Waals surface area contributed by atoms with Crippen molar-refractivity contribution in [3.05, 3.63) is 72.1 Å². The van der Waals surface area contributed by atoms with Crippen molar-refractivity contribution < 1.29 is 4.79 Å². The van der Waals surface area contributed by atoms with E-state index in [1.54, 1.807) is 0 Å². The highest BCUT2D eigenvalue weighted by atomic mass is 32.2. The quantitative estimate of drug-likeness (QED) is 0.614. The molecule has 3 aromatic rings. The van der Waals surface area contributed by atoms with Gasteiger partial charge in [-0.3, -0.25) is 9.36 Å². The normalized spacial score (nSPS) is 11.4. The molecule has 0 radical (unpaired) electrons. The lowest BCUT2D eigenvalue weighted by Crippen LogP contribution is -2.41. The highest BCUT2D eigenvalue weighted by Crippen LogP contribution is 2.23. The van der Waals surface area contributed by atoms with E-state index in [-0.39, 0.29) is 11.4 Å². The number of aryl methyl sites for hydroxylation is 2. The van der Waals surface area contributed by atoms with Crippen LogP contribution in [0.1, 0.15) is 32.2 Å². The third-order valence-corrected chi connectivity index (χ3v) is 4.97. The van der Waals surface area contributed by atoms with E-state index in [4.69, 9.17) is 0 Å². The van der Waals surface area contributed by atoms with Gasteiger partial charge in [-0.2, -0.15) is 0 Å². The van der Waals surface area contributed by atoms with Crippen molar-refractivity contribution in [2.45, 2.75) is 44.3 Å². The topological polar surface area (TPSA) is 59.8 Å². The molecule has 0 fully saturated rings. The molecule has 1 amide bonds. The molecular weight excluding hydrogens is 368 g/mol. The fourth-order valence-electron chi connectivity index (χ4n) is 2.88. The summed E-state index contributed by atoms with van der Waals surface area (Å²) in [5.74, 6) is 1.20. The Balaban J connectivity index is 1.78. The summed E-state index contributed by atoms with van der Waals surface area (Å²) in [5.41, 5.74) is 2.03. The van der Waals surface area contributed by atoms with Crippen LogP contribution in [0.5, 0.6) is 0 Å². The van der Waals surface area contributed by atoms with E-state index < -0.39 is 0 Å². The maximum absolute atomic E-state index is 12.2. The van der Waals surface area contributed by atoms with E-state index in [0.29, 0.717) is 5.75 Å². The number of aromatic nitrogens is 3. The third-order valence-electron chi connectivity index (χ3n) is 4.04. The molecule has 1 heterocycles. The van der Waals surface area contributed by atoms with Gasteiger partial charge in [-0.05, 0) is 44.9 Å². The Morgan fingerprint density at radius 2 is 1.61 bits per heavy atom. The minimum atomic E-state index is -0.244. The maximum Gasteiger partial charge on any atom is 0.230 e. The van der Waals surface area contributed by atoms with Gasteiger partial charge in [0, 0.05) is 17.6 Å². The van der Waals surface area contributed by atoms with Gasteiger partial charge in [0.2, 0.25) is 5.91 Å². The summed E-state index contributed by atoms with van der Waals surface area (Å²) in [6, 6.07) is 20.4. The van der Waals surface area contributed by atoms with Gasteiger partial charge in [0.25, 0.3) is 0 Å². The summed E-state index contributed by atoms with van der Waals surface area (Å²) >= 11 is 1.41. The molecule has 146 valence electrons. The van der Waals surface area contributed by atoms with Crippen LogP contribution in [0.4, 0.5) is 0 Å². The number of nitrogens with zero attached hydrogens (tertiary/aromatic N) is 3. The Hall–Kier alpha value is -2.60. The van der Waals surface area contributed by atoms with Gasteiger partial charge in [-0.25, -0.2) is 0 Å². The fraction of sp³-hybridized carbons (Fsp3) is 0.318. The second-order valence-electron chi connectivity index (χ2n) is 7.64. The predicted molar refractivity (Wildman–Crippen MR) is 114 cm³/mol. The average molecular weight is 395 g/mol. The molecule has 0 spiro atoms. The van der Waals surface area contributed by atoms with Crippen LogP contribution in [0.2, 0.25) is 0 Å². The molecule has 6 heteroatoms. The van der Waals surface area contributed by atoms with Crippen LogP contribution < -0.4 is 5.32 Å². The Kier molecular flexibility index (Phi) is 6.52. The zero-order valence-electron chi connectivity index (χ0n) is 16.6. The van der Waals surface area contributed by atoms with Crippen molar-refractivity contribution >= 4 is 17.7 Å². The number of para-hydroxylation sites is 1. The molecule has 0 saturated heterocycles. The van der Waals surface area contributed by atoms with Gasteiger partial charge in [-0.1, -0.05) is 60.3 Å². The zero-order valence-corrected chi connectivity index (χ0v) is 17.4. The Labute approximate surface area is 170 Å². The number of thioether (sulfide) groups is 1. The first-order chi connectivity index (χ1) is 13.4. The van der Waals surface area contributed by atoms with Gasteiger partial charge in [0.1, 0.15) is 5.82 Å². The van der Waals surface area contributed by atoms with Crippen molar-refractivity contribution in [1.29, 1.82) is 0 Å². The van der Waals surface area contributed by atoms with Crippen LogP contribution in [0.3, 0.4) is 0 Å². The second-order valence-corrected chi connectivity index (χ2v) is 8.58. The van der Waals surface area contributed by atoms with E-state index in [9.17, 15) is 4.79 Å². The summed E-state index contributed by atoms with van der Waals surface area (Å²) in [6.45, 7) is 5.93. The van der Waals surface area contributed by atoms with E-state index in [2.05, 4.69) is 32.2 Å². The number of carbonyl (C=O) groups excluding carboxylic acids is 1. The monoisotopic (exact) mass is 394 g/mol. The van der Waals surface area contributed by atoms with Crippen molar-refractivity contribution in [2.24, 2.45) is 0 Å². The largest absolute Gasteiger partial charge is 0.351 e. The van der Waals surface area contributed by atoms with E-state index in [1.807, 2.05) is 69.3 Å². The molecule has 0 aliphatic heterocycles. The lowest BCUT2D eigenvalue weighted by molar-refractivity contribution is -0.119. The van der Waals surface area contributed by atoms with E-state index in [1.165, 1.54) is 17.3 Å². The Morgan fingerprint density at radius 3 is 2.25 bits per heavy atom. The molecule has 0 bridgehead atoms. The molecule has 1 aromatic heterocycles. The number of rotatable bonds is 7. The SMILES string of the molecule is CC(C)(C)NC(=O)CSc1nnc(CCc2ccccc2)n1-c1ccccc1. The predicted octanol–water partition coefficient (Wildman–Crippen LogP) is 4.06. The molecule has 1 N–H and O–H groups in total. The van der Waals surface area contributed by atoms with Crippen LogP contribution in [-0.4, -0.2) is 32.0 Å². The molecule has 0 unspecified atom stereocenters. The lowest BCUT2D eigenvalue weighted by Gasteiger charge is -2.20. The molecule has 0 saturated carbocycles. The molecule has 2 aromatic carbocycles. The number of hydrogen-bond donors (Lipinski definition) is 1. The van der Waals surface area contributed by atoms with E-state index in [0.717, 1.165) is 29.5 Å². The van der Waals surface area contributed by atoms with Crippen molar-refractivity contribution in [3.8, 4) is 5.69 Å². The van der Waals surface area contributed by atoms with Crippen molar-refractivity contribution in [3.63, 3.8) is 0 Å². The number of hydrogen-bond acceptors (Lipinski definition) is 4. The molecule has 0 aliphatic carbocycles. The second kappa shape index (κ2) is 9.06. The highest BCUT2D eigenvalue weighted by Gasteiger charge is 2.18. The summed E-state index contributed by atoms with van der Waals surface area (Å²) in [7, 11) is 0. The number of carbonyl (C=O) groups is 1. The highest BCUT2D eigenvalue weighted by molar-refractivity contribution is 7.99. The first kappa shape index (κ1) is 20.1. The first-order valence-electron chi connectivity index (χ1n) is 9.40. The number of amides is 1. The first-order valence-corrected chi connectivity index (χ1v) is 10.4. The zero-order chi connectivity index (χ0) is 20.0. The summed E-state index contributed by atoms with van der Waals surface area (Å²) < 4.78 is 2.05. The van der Waals surface area contributed by atoms with Crippen LogP contribution in [0.25, 0.3) is 5.69 Å². The van der Waals surface area contributed by atoms with Crippen LogP contribution in [-0.2, 0) is 17.6 Å². The van der Waals surface area contributed by atoms with Crippen LogP contribution in [0, 0.1) is 0 Å². The number of benzene rings is 2. The van der Waals surface area contributed by atoms with Gasteiger partial charge in [-0.15, -0.1) is 10.2 Å². The van der Waals surface area contributed by atoms with Crippen LogP contribution >= 0.6 is 11.8 Å². The van der Waals surface area contributed by atoms with Crippen molar-refractivity contribution in [1.82, 2.24) is 20.1 Å². The van der Waals surface area contributed by atoms with Crippen LogP contribution in [0.15, 0.2) is 65.8 Å². The maximum atomic E-state index is 12.2. The standard InChI is InChI=1S/C22H26N4OS/c1-22(2,3)23-20(27)16-28-21-25-24-19(15-14-17-10-6-4-7-11-17)26(21)18-12-8-5-9-13-18/h4-13H,14-16H2,1-3H3,(H,23,27). The van der Waals surface area contributed by atoms with Gasteiger partial charge in [0.15, 0.2) is 5.16 Å². The molecule has 3 rings (SSSR count). The fourth-order valence-corrected chi connectivity index (χ4v) is 3.65. The Bertz CT molecular complexity index is 901. The lowest BCUT2D eigenvalue weighted by atomic mass is 10.1. The van der Waals surface area contributed by atoms with Gasteiger partial charge < -0.3 is 5.32 Å². The van der Waals surface area contributed by atoms with E-state index >= 15 is 0 Å².